The molecule has 1 fully saturated rings. The van der Waals surface area contributed by atoms with E-state index in [1.54, 1.807) is 17.8 Å². The Labute approximate surface area is 275 Å². The number of hydrogen-bond acceptors (Lipinski definition) is 3. The molecule has 1 heterocycles. The van der Waals surface area contributed by atoms with E-state index >= 15 is 0 Å². The number of para-hydroxylation sites is 2. The first-order valence-electron chi connectivity index (χ1n) is 14.5. The number of anilines is 3. The smallest absolute Gasteiger partial charge is 0.0146 e. The maximum absolute atomic E-state index is 13.4. The molecule has 4 nitrogen and oxygen atoms in total. The minimum Gasteiger partial charge on any atom is -0.502 e. The fourth-order valence-electron chi connectivity index (χ4n) is 6.00. The number of aliphatic hydroxyl groups is 1. The van der Waals surface area contributed by atoms with Crippen LogP contribution in [0.4, 0.5) is 21.5 Å². The van der Waals surface area contributed by atoms with Gasteiger partial charge >= 0.3 is 136 Å². The van der Waals surface area contributed by atoms with Crippen molar-refractivity contribution in [3.05, 3.63) is 124 Å². The van der Waals surface area contributed by atoms with Gasteiger partial charge in [0.15, 0.2) is 0 Å². The van der Waals surface area contributed by atoms with Gasteiger partial charge in [-0.2, -0.15) is 6.67 Å². The first kappa shape index (κ1) is 34.0. The average molecular weight is 724 g/mol. The summed E-state index contributed by atoms with van der Waals surface area (Å²) in [6, 6.07) is 21.5. The summed E-state index contributed by atoms with van der Waals surface area (Å²) in [5.41, 5.74) is 13.5. The van der Waals surface area contributed by atoms with E-state index in [4.69, 9.17) is 19.4 Å². The minimum absolute atomic E-state index is 0.294. The molecule has 0 unspecified atom stereocenters. The second-order valence-corrected chi connectivity index (χ2v) is 17.0. The van der Waals surface area contributed by atoms with Gasteiger partial charge in [-0.25, -0.2) is 0 Å². The SMILES string of the molecule is C[OH+]c1ccccc1NCc1ccc(F)cc1[CH]=[Ru]([Cl])[Cl].Cc1cc(C)c(N2[CH-]N(c3c(C)cc(C)cc3C)CC2)c(C)c1. The van der Waals surface area contributed by atoms with E-state index in [1.165, 1.54) is 56.9 Å². The monoisotopic (exact) mass is 723 g/mol. The minimum atomic E-state index is -1.99. The van der Waals surface area contributed by atoms with Crippen molar-refractivity contribution in [2.24, 2.45) is 0 Å². The number of ether oxygens (including phenoxy) is 1. The largest absolute Gasteiger partial charge is 0.502 e. The van der Waals surface area contributed by atoms with Gasteiger partial charge in [0.25, 0.3) is 0 Å². The van der Waals surface area contributed by atoms with Crippen molar-refractivity contribution in [2.75, 3.05) is 35.3 Å². The van der Waals surface area contributed by atoms with Crippen molar-refractivity contribution in [3.63, 3.8) is 0 Å². The van der Waals surface area contributed by atoms with Crippen molar-refractivity contribution in [3.8, 4) is 5.75 Å². The molecule has 0 radical (unpaired) electrons. The summed E-state index contributed by atoms with van der Waals surface area (Å²) < 4.78 is 19.3. The maximum atomic E-state index is 13.4. The van der Waals surface area contributed by atoms with E-state index in [2.05, 4.69) is 92.3 Å². The van der Waals surface area contributed by atoms with Crippen LogP contribution in [0.15, 0.2) is 66.7 Å². The summed E-state index contributed by atoms with van der Waals surface area (Å²) in [5, 5.41) is 3.31. The Balaban J connectivity index is 0.000000202. The number of rotatable bonds is 7. The zero-order valence-electron chi connectivity index (χ0n) is 26.5. The van der Waals surface area contributed by atoms with Crippen LogP contribution in [-0.4, -0.2) is 29.5 Å². The van der Waals surface area contributed by atoms with Crippen LogP contribution in [0, 0.1) is 54.0 Å². The Bertz CT molecular complexity index is 1550. The number of aromatic hydroxyl groups is 1. The van der Waals surface area contributed by atoms with E-state index in [9.17, 15) is 4.39 Å². The topological polar surface area (TPSA) is 31.3 Å². The first-order chi connectivity index (χ1) is 21.0. The predicted molar refractivity (Wildman–Crippen MR) is 185 cm³/mol. The molecule has 0 aliphatic carbocycles. The molecule has 236 valence electrons. The normalized spacial score (nSPS) is 12.9. The second kappa shape index (κ2) is 15.4. The van der Waals surface area contributed by atoms with Crippen LogP contribution < -0.4 is 15.1 Å². The molecule has 1 saturated heterocycles. The fraction of sp³-hybridized carbons (Fsp3) is 0.278. The van der Waals surface area contributed by atoms with Gasteiger partial charge in [-0.15, -0.1) is 0 Å². The molecule has 0 atom stereocenters. The van der Waals surface area contributed by atoms with Crippen molar-refractivity contribution < 1.29 is 22.6 Å². The number of benzene rings is 4. The molecular weight excluding hydrogens is 681 g/mol. The van der Waals surface area contributed by atoms with Crippen LogP contribution in [0.2, 0.25) is 0 Å². The molecule has 5 rings (SSSR count). The summed E-state index contributed by atoms with van der Waals surface area (Å²) in [4.78, 5) is 4.81. The van der Waals surface area contributed by atoms with Crippen molar-refractivity contribution in [2.45, 2.75) is 48.1 Å². The van der Waals surface area contributed by atoms with Crippen LogP contribution in [0.3, 0.4) is 0 Å². The molecule has 44 heavy (non-hydrogen) atoms. The van der Waals surface area contributed by atoms with E-state index in [-0.39, 0.29) is 5.82 Å². The number of nitrogens with zero attached hydrogens (tertiary/aromatic N) is 2. The Kier molecular flexibility index (Phi) is 11.9. The Morgan fingerprint density at radius 3 is 1.84 bits per heavy atom. The first-order valence-corrected chi connectivity index (χ1v) is 20.0. The van der Waals surface area contributed by atoms with Crippen molar-refractivity contribution in [1.82, 2.24) is 0 Å². The van der Waals surface area contributed by atoms with Crippen LogP contribution in [0.5, 0.6) is 5.75 Å². The quantitative estimate of drug-likeness (QED) is 0.0893. The van der Waals surface area contributed by atoms with Gasteiger partial charge in [0, 0.05) is 24.5 Å². The van der Waals surface area contributed by atoms with E-state index < -0.39 is 13.5 Å². The number of halogens is 3. The zero-order chi connectivity index (χ0) is 32.0. The Hall–Kier alpha value is -2.92. The van der Waals surface area contributed by atoms with Gasteiger partial charge in [-0.1, -0.05) is 35.4 Å². The molecule has 0 saturated carbocycles. The van der Waals surface area contributed by atoms with Crippen LogP contribution in [-0.2, 0) is 20.1 Å². The van der Waals surface area contributed by atoms with Gasteiger partial charge in [-0.3, -0.25) is 0 Å². The number of nitrogens with one attached hydrogen (secondary N) is 1. The molecule has 0 amide bonds. The molecule has 0 aromatic heterocycles. The molecule has 4 aromatic rings. The molecule has 1 aliphatic rings. The van der Waals surface area contributed by atoms with Gasteiger partial charge in [0.05, 0.1) is 0 Å². The molecule has 8 heteroatoms. The van der Waals surface area contributed by atoms with Crippen LogP contribution in [0.1, 0.15) is 44.5 Å². The molecule has 0 spiro atoms. The van der Waals surface area contributed by atoms with Crippen LogP contribution >= 0.6 is 19.4 Å². The summed E-state index contributed by atoms with van der Waals surface area (Å²) in [5.74, 6) is 0.588. The third kappa shape index (κ3) is 8.62. The van der Waals surface area contributed by atoms with E-state index in [0.717, 1.165) is 35.7 Å². The summed E-state index contributed by atoms with van der Waals surface area (Å²) in [6.07, 6.45) is 0. The average Bonchev–Trinajstić information content (AvgIpc) is 3.40. The van der Waals surface area contributed by atoms with E-state index in [1.807, 2.05) is 24.3 Å². The molecule has 1 aliphatic heterocycles. The number of hydrogen-bond donors (Lipinski definition) is 1. The standard InChI is InChI=1S/C21H27N2.C15H14FNO.2ClH.Ru/c1-14-9-16(3)20(17(4)10-14)22-7-8-23(13-22)21-18(5)11-15(2)12-19(21)6;1-11-9-13(16)8-7-12(11)10-17-14-5-3-4-6-15(14)18-2;;;/h9-13H,7-8H2,1-6H3;1,3-9,17H,10H2,2H3;2*1H;/q-1;;;;+2/p-1. The molecule has 0 bridgehead atoms. The molecule has 4 aromatic carbocycles. The second-order valence-electron chi connectivity index (χ2n) is 11.2. The summed E-state index contributed by atoms with van der Waals surface area (Å²) >= 11 is -1.99. The fourth-order valence-corrected chi connectivity index (χ4v) is 7.86. The van der Waals surface area contributed by atoms with Crippen molar-refractivity contribution >= 4 is 41.1 Å². The third-order valence-corrected chi connectivity index (χ3v) is 9.45. The summed E-state index contributed by atoms with van der Waals surface area (Å²) in [6.45, 7) is 18.1. The van der Waals surface area contributed by atoms with Crippen LogP contribution in [0.25, 0.3) is 0 Å². The number of aryl methyl sites for hydroxylation is 6. The van der Waals surface area contributed by atoms with Crippen molar-refractivity contribution in [1.29, 1.82) is 0 Å². The Morgan fingerprint density at radius 2 is 1.34 bits per heavy atom. The predicted octanol–water partition coefficient (Wildman–Crippen LogP) is 9.37. The van der Waals surface area contributed by atoms with Gasteiger partial charge in [0.1, 0.15) is 0 Å². The van der Waals surface area contributed by atoms with E-state index in [0.29, 0.717) is 6.54 Å². The van der Waals surface area contributed by atoms with Gasteiger partial charge in [-0.05, 0) is 63.8 Å². The maximum Gasteiger partial charge on any atom is 0.0146 e. The molecular formula is C36H42Cl2FN3ORu. The molecule has 2 N–H and O–H groups in total. The Morgan fingerprint density at radius 1 is 0.818 bits per heavy atom. The van der Waals surface area contributed by atoms with Gasteiger partial charge < -0.3 is 9.80 Å². The third-order valence-electron chi connectivity index (χ3n) is 7.62. The van der Waals surface area contributed by atoms with Gasteiger partial charge in [0.2, 0.25) is 0 Å². The summed E-state index contributed by atoms with van der Waals surface area (Å²) in [7, 11) is 13.5. The zero-order valence-corrected chi connectivity index (χ0v) is 29.7.